The molecule has 3 heterocycles. The number of ether oxygens (including phenoxy) is 1. The molecule has 1 aromatic carbocycles. The first-order valence-electron chi connectivity index (χ1n) is 11.1. The molecule has 3 aromatic heterocycles. The van der Waals surface area contributed by atoms with Crippen LogP contribution in [0.5, 0.6) is 0 Å². The van der Waals surface area contributed by atoms with Gasteiger partial charge >= 0.3 is 5.97 Å². The summed E-state index contributed by atoms with van der Waals surface area (Å²) in [6.07, 6.45) is 5.42. The number of esters is 1. The largest absolute Gasteiger partial charge is 0.462 e. The number of carbonyl (C=O) groups is 2. The van der Waals surface area contributed by atoms with Crippen LogP contribution in [0.4, 0.5) is 5.00 Å². The second-order valence-electron chi connectivity index (χ2n) is 8.01. The highest BCUT2D eigenvalue weighted by Gasteiger charge is 2.28. The Bertz CT molecular complexity index is 1370. The molecule has 168 valence electrons. The first kappa shape index (κ1) is 21.3. The van der Waals surface area contributed by atoms with Crippen LogP contribution in [0.1, 0.15) is 56.6 Å². The molecule has 5 rings (SSSR count). The van der Waals surface area contributed by atoms with Gasteiger partial charge in [0, 0.05) is 10.3 Å². The standard InChI is InChI=1S/C25H24N4O3S/c1-3-32-25(31)22-17-9-5-7-11-20(17)33-24(22)28-23(30)18-14-26-29(15(18)2)21-13-12-16-8-4-6-10-19(16)27-21/h4,6,8,10,12-14H,3,5,7,9,11H2,1-2H3,(H,28,30). The zero-order valence-corrected chi connectivity index (χ0v) is 19.4. The second-order valence-corrected chi connectivity index (χ2v) is 9.11. The van der Waals surface area contributed by atoms with Crippen molar-refractivity contribution in [3.63, 3.8) is 0 Å². The lowest BCUT2D eigenvalue weighted by molar-refractivity contribution is 0.0526. The fourth-order valence-corrected chi connectivity index (χ4v) is 5.55. The number of para-hydroxylation sites is 1. The molecule has 0 saturated carbocycles. The molecule has 4 aromatic rings. The van der Waals surface area contributed by atoms with E-state index in [9.17, 15) is 9.59 Å². The van der Waals surface area contributed by atoms with Crippen molar-refractivity contribution in [2.45, 2.75) is 39.5 Å². The second kappa shape index (κ2) is 8.78. The highest BCUT2D eigenvalue weighted by molar-refractivity contribution is 7.17. The molecule has 1 aliphatic carbocycles. The average molecular weight is 461 g/mol. The minimum Gasteiger partial charge on any atom is -0.462 e. The van der Waals surface area contributed by atoms with Crippen molar-refractivity contribution in [2.24, 2.45) is 0 Å². The highest BCUT2D eigenvalue weighted by Crippen LogP contribution is 2.39. The van der Waals surface area contributed by atoms with E-state index < -0.39 is 0 Å². The summed E-state index contributed by atoms with van der Waals surface area (Å²) in [6, 6.07) is 11.7. The number of carbonyl (C=O) groups excluding carboxylic acids is 2. The van der Waals surface area contributed by atoms with Gasteiger partial charge in [-0.05, 0) is 63.3 Å². The van der Waals surface area contributed by atoms with Crippen molar-refractivity contribution in [3.05, 3.63) is 69.9 Å². The summed E-state index contributed by atoms with van der Waals surface area (Å²) in [4.78, 5) is 31.7. The Balaban J connectivity index is 1.46. The van der Waals surface area contributed by atoms with Crippen molar-refractivity contribution in [2.75, 3.05) is 11.9 Å². The van der Waals surface area contributed by atoms with Crippen molar-refractivity contribution in [1.82, 2.24) is 14.8 Å². The minimum absolute atomic E-state index is 0.293. The lowest BCUT2D eigenvalue weighted by Crippen LogP contribution is -2.16. The maximum absolute atomic E-state index is 13.2. The molecule has 0 unspecified atom stereocenters. The third kappa shape index (κ3) is 3.91. The Morgan fingerprint density at radius 2 is 1.97 bits per heavy atom. The number of nitrogens with one attached hydrogen (secondary N) is 1. The first-order chi connectivity index (χ1) is 16.1. The molecule has 0 atom stereocenters. The van der Waals surface area contributed by atoms with Crippen LogP contribution in [-0.2, 0) is 17.6 Å². The quantitative estimate of drug-likeness (QED) is 0.419. The number of anilines is 1. The van der Waals surface area contributed by atoms with Gasteiger partial charge in [0.05, 0.1) is 35.1 Å². The zero-order valence-electron chi connectivity index (χ0n) is 18.6. The molecule has 0 aliphatic heterocycles. The predicted octanol–water partition coefficient (Wildman–Crippen LogP) is 5.10. The van der Waals surface area contributed by atoms with E-state index in [2.05, 4.69) is 15.4 Å². The summed E-state index contributed by atoms with van der Waals surface area (Å²) in [6.45, 7) is 3.92. The number of nitrogens with zero attached hydrogens (tertiary/aromatic N) is 3. The third-order valence-corrected chi connectivity index (χ3v) is 7.14. The van der Waals surface area contributed by atoms with Crippen LogP contribution in [0.2, 0.25) is 0 Å². The Labute approximate surface area is 195 Å². The molecule has 7 nitrogen and oxygen atoms in total. The average Bonchev–Trinajstić information content (AvgIpc) is 3.39. The van der Waals surface area contributed by atoms with E-state index in [1.54, 1.807) is 17.8 Å². The third-order valence-electron chi connectivity index (χ3n) is 5.93. The van der Waals surface area contributed by atoms with E-state index in [0.29, 0.717) is 34.2 Å². The monoisotopic (exact) mass is 460 g/mol. The summed E-state index contributed by atoms with van der Waals surface area (Å²) in [5.74, 6) is -0.0345. The molecule has 1 N–H and O–H groups in total. The molecular weight excluding hydrogens is 436 g/mol. The number of amides is 1. The SMILES string of the molecule is CCOC(=O)c1c(NC(=O)c2cnn(-c3ccc4ccccc4n3)c2C)sc2c1CCCC2. The molecular formula is C25H24N4O3S. The molecule has 0 spiro atoms. The minimum atomic E-state index is -0.375. The molecule has 33 heavy (non-hydrogen) atoms. The van der Waals surface area contributed by atoms with Crippen molar-refractivity contribution < 1.29 is 14.3 Å². The maximum Gasteiger partial charge on any atom is 0.341 e. The number of rotatable bonds is 5. The summed E-state index contributed by atoms with van der Waals surface area (Å²) in [5, 5.41) is 8.97. The van der Waals surface area contributed by atoms with Crippen LogP contribution < -0.4 is 5.32 Å². The number of hydrogen-bond donors (Lipinski definition) is 1. The van der Waals surface area contributed by atoms with Gasteiger partial charge in [-0.1, -0.05) is 18.2 Å². The topological polar surface area (TPSA) is 86.1 Å². The molecule has 0 fully saturated rings. The van der Waals surface area contributed by atoms with Crippen LogP contribution in [-0.4, -0.2) is 33.2 Å². The predicted molar refractivity (Wildman–Crippen MR) is 128 cm³/mol. The number of benzene rings is 1. The van der Waals surface area contributed by atoms with Gasteiger partial charge in [0.25, 0.3) is 5.91 Å². The van der Waals surface area contributed by atoms with Gasteiger partial charge in [0.15, 0.2) is 5.82 Å². The molecule has 1 aliphatic rings. The zero-order chi connectivity index (χ0) is 22.9. The van der Waals surface area contributed by atoms with Gasteiger partial charge in [0.2, 0.25) is 0 Å². The van der Waals surface area contributed by atoms with Gasteiger partial charge in [-0.3, -0.25) is 4.79 Å². The lowest BCUT2D eigenvalue weighted by atomic mass is 9.95. The summed E-state index contributed by atoms with van der Waals surface area (Å²) in [7, 11) is 0. The number of aryl methyl sites for hydroxylation is 1. The van der Waals surface area contributed by atoms with E-state index in [4.69, 9.17) is 4.74 Å². The molecule has 8 heteroatoms. The highest BCUT2D eigenvalue weighted by atomic mass is 32.1. The Hall–Kier alpha value is -3.52. The Morgan fingerprint density at radius 1 is 1.15 bits per heavy atom. The number of hydrogen-bond acceptors (Lipinski definition) is 6. The Morgan fingerprint density at radius 3 is 2.82 bits per heavy atom. The number of aromatic nitrogens is 3. The van der Waals surface area contributed by atoms with Gasteiger partial charge in [0.1, 0.15) is 5.00 Å². The van der Waals surface area contributed by atoms with Crippen LogP contribution in [0, 0.1) is 6.92 Å². The Kier molecular flexibility index (Phi) is 5.68. The number of thiophene rings is 1. The van der Waals surface area contributed by atoms with Crippen LogP contribution >= 0.6 is 11.3 Å². The first-order valence-corrected chi connectivity index (χ1v) is 11.9. The van der Waals surface area contributed by atoms with E-state index in [-0.39, 0.29) is 11.9 Å². The molecule has 0 saturated heterocycles. The van der Waals surface area contributed by atoms with Crippen LogP contribution in [0.15, 0.2) is 42.6 Å². The van der Waals surface area contributed by atoms with E-state index >= 15 is 0 Å². The maximum atomic E-state index is 13.2. The van der Waals surface area contributed by atoms with E-state index in [1.807, 2.05) is 43.3 Å². The molecule has 0 bridgehead atoms. The fourth-order valence-electron chi connectivity index (χ4n) is 4.28. The van der Waals surface area contributed by atoms with Crippen LogP contribution in [0.25, 0.3) is 16.7 Å². The van der Waals surface area contributed by atoms with Gasteiger partial charge in [-0.25, -0.2) is 14.5 Å². The van der Waals surface area contributed by atoms with Crippen LogP contribution in [0.3, 0.4) is 0 Å². The van der Waals surface area contributed by atoms with Crippen molar-refractivity contribution >= 4 is 39.1 Å². The van der Waals surface area contributed by atoms with Gasteiger partial charge < -0.3 is 10.1 Å². The number of pyridine rings is 1. The summed E-state index contributed by atoms with van der Waals surface area (Å²) < 4.78 is 6.95. The summed E-state index contributed by atoms with van der Waals surface area (Å²) >= 11 is 1.48. The van der Waals surface area contributed by atoms with Gasteiger partial charge in [-0.2, -0.15) is 5.10 Å². The molecule has 0 radical (unpaired) electrons. The number of fused-ring (bicyclic) bond motifs is 2. The van der Waals surface area contributed by atoms with Crippen molar-refractivity contribution in [1.29, 1.82) is 0 Å². The normalized spacial score (nSPS) is 13.0. The summed E-state index contributed by atoms with van der Waals surface area (Å²) in [5.41, 5.74) is 3.50. The smallest absolute Gasteiger partial charge is 0.341 e. The van der Waals surface area contributed by atoms with Crippen molar-refractivity contribution in [3.8, 4) is 5.82 Å². The van der Waals surface area contributed by atoms with Gasteiger partial charge in [-0.15, -0.1) is 11.3 Å². The van der Waals surface area contributed by atoms with E-state index in [0.717, 1.165) is 47.0 Å². The molecule has 1 amide bonds. The van der Waals surface area contributed by atoms with E-state index in [1.165, 1.54) is 11.3 Å². The lowest BCUT2D eigenvalue weighted by Gasteiger charge is -2.12. The fraction of sp³-hybridized carbons (Fsp3) is 0.280.